The standard InChI is InChI=1S/C15H9ClFN3/c1-20-14-5-2-9(8-18)6-13(14)19-15(20)11-7-10(16)3-4-12(11)17/h2-7H,1H3. The van der Waals surface area contributed by atoms with Crippen LogP contribution < -0.4 is 0 Å². The summed E-state index contributed by atoms with van der Waals surface area (Å²) in [7, 11) is 1.80. The SMILES string of the molecule is Cn1c(-c2cc(Cl)ccc2F)nc2cc(C#N)ccc21. The lowest BCUT2D eigenvalue weighted by molar-refractivity contribution is 0.629. The van der Waals surface area contributed by atoms with Crippen LogP contribution in [0, 0.1) is 17.1 Å². The van der Waals surface area contributed by atoms with Crippen LogP contribution in [0.5, 0.6) is 0 Å². The zero-order valence-electron chi connectivity index (χ0n) is 10.6. The van der Waals surface area contributed by atoms with E-state index in [1.807, 2.05) is 0 Å². The Bertz CT molecular complexity index is 861. The number of fused-ring (bicyclic) bond motifs is 1. The monoisotopic (exact) mass is 285 g/mol. The molecule has 1 heterocycles. The number of nitriles is 1. The fourth-order valence-corrected chi connectivity index (χ4v) is 2.35. The van der Waals surface area contributed by atoms with E-state index in [2.05, 4.69) is 11.1 Å². The first kappa shape index (κ1) is 12.6. The molecular weight excluding hydrogens is 277 g/mol. The highest BCUT2D eigenvalue weighted by Gasteiger charge is 2.14. The second-order valence-electron chi connectivity index (χ2n) is 4.43. The summed E-state index contributed by atoms with van der Waals surface area (Å²) >= 11 is 5.92. The van der Waals surface area contributed by atoms with Crippen molar-refractivity contribution in [1.29, 1.82) is 5.26 Å². The van der Waals surface area contributed by atoms with Crippen LogP contribution in [0.25, 0.3) is 22.4 Å². The molecule has 0 N–H and O–H groups in total. The van der Waals surface area contributed by atoms with Crippen LogP contribution in [0.1, 0.15) is 5.56 Å². The lowest BCUT2D eigenvalue weighted by Gasteiger charge is -2.04. The summed E-state index contributed by atoms with van der Waals surface area (Å²) in [4.78, 5) is 4.41. The van der Waals surface area contributed by atoms with Crippen molar-refractivity contribution in [3.05, 3.63) is 52.8 Å². The summed E-state index contributed by atoms with van der Waals surface area (Å²) in [5, 5.41) is 9.36. The van der Waals surface area contributed by atoms with E-state index in [0.717, 1.165) is 5.52 Å². The minimum Gasteiger partial charge on any atom is -0.327 e. The van der Waals surface area contributed by atoms with E-state index in [1.54, 1.807) is 35.9 Å². The Labute approximate surface area is 119 Å². The summed E-state index contributed by atoms with van der Waals surface area (Å²) in [5.74, 6) is 0.100. The Morgan fingerprint density at radius 1 is 1.25 bits per heavy atom. The molecule has 0 radical (unpaired) electrons. The van der Waals surface area contributed by atoms with Gasteiger partial charge in [0.05, 0.1) is 28.2 Å². The fraction of sp³-hybridized carbons (Fsp3) is 0.0667. The second kappa shape index (κ2) is 4.62. The summed E-state index contributed by atoms with van der Waals surface area (Å²) in [6, 6.07) is 11.6. The highest BCUT2D eigenvalue weighted by molar-refractivity contribution is 6.30. The maximum absolute atomic E-state index is 13.9. The Hall–Kier alpha value is -2.38. The Morgan fingerprint density at radius 3 is 2.80 bits per heavy atom. The summed E-state index contributed by atoms with van der Waals surface area (Å²) < 4.78 is 15.7. The van der Waals surface area contributed by atoms with Crippen LogP contribution in [-0.4, -0.2) is 9.55 Å². The van der Waals surface area contributed by atoms with Crippen LogP contribution in [0.4, 0.5) is 4.39 Å². The van der Waals surface area contributed by atoms with Crippen molar-refractivity contribution in [2.75, 3.05) is 0 Å². The van der Waals surface area contributed by atoms with Crippen molar-refractivity contribution in [3.63, 3.8) is 0 Å². The van der Waals surface area contributed by atoms with Crippen LogP contribution in [0.3, 0.4) is 0 Å². The third-order valence-corrected chi connectivity index (χ3v) is 3.41. The Balaban J connectivity index is 2.29. The van der Waals surface area contributed by atoms with Crippen LogP contribution in [-0.2, 0) is 7.05 Å². The lowest BCUT2D eigenvalue weighted by Crippen LogP contribution is -1.95. The first-order chi connectivity index (χ1) is 9.60. The van der Waals surface area contributed by atoms with Crippen molar-refractivity contribution >= 4 is 22.6 Å². The molecule has 0 spiro atoms. The first-order valence-electron chi connectivity index (χ1n) is 5.92. The van der Waals surface area contributed by atoms with E-state index in [9.17, 15) is 4.39 Å². The molecule has 0 unspecified atom stereocenters. The summed E-state index contributed by atoms with van der Waals surface area (Å²) in [6.45, 7) is 0. The van der Waals surface area contributed by atoms with Gasteiger partial charge in [-0.15, -0.1) is 0 Å². The molecule has 20 heavy (non-hydrogen) atoms. The second-order valence-corrected chi connectivity index (χ2v) is 4.87. The molecule has 0 saturated carbocycles. The highest BCUT2D eigenvalue weighted by atomic mass is 35.5. The average molecular weight is 286 g/mol. The Kier molecular flexibility index (Phi) is 2.92. The molecule has 0 aliphatic rings. The summed E-state index contributed by atoms with van der Waals surface area (Å²) in [6.07, 6.45) is 0. The molecule has 3 aromatic rings. The van der Waals surface area contributed by atoms with Crippen molar-refractivity contribution in [2.45, 2.75) is 0 Å². The molecule has 5 heteroatoms. The van der Waals surface area contributed by atoms with Crippen LogP contribution >= 0.6 is 11.6 Å². The van der Waals surface area contributed by atoms with Gasteiger partial charge in [0.15, 0.2) is 0 Å². The van der Waals surface area contributed by atoms with Gasteiger partial charge in [-0.05, 0) is 36.4 Å². The number of nitrogens with zero attached hydrogens (tertiary/aromatic N) is 3. The van der Waals surface area contributed by atoms with Crippen LogP contribution in [0.15, 0.2) is 36.4 Å². The van der Waals surface area contributed by atoms with Gasteiger partial charge in [0.1, 0.15) is 11.6 Å². The van der Waals surface area contributed by atoms with Gasteiger partial charge in [0.2, 0.25) is 0 Å². The van der Waals surface area contributed by atoms with Gasteiger partial charge in [-0.1, -0.05) is 11.6 Å². The zero-order chi connectivity index (χ0) is 14.3. The van der Waals surface area contributed by atoms with Crippen molar-refractivity contribution in [3.8, 4) is 17.5 Å². The molecule has 0 amide bonds. The van der Waals surface area contributed by atoms with Crippen molar-refractivity contribution in [2.24, 2.45) is 7.05 Å². The third-order valence-electron chi connectivity index (χ3n) is 3.18. The molecule has 0 aliphatic heterocycles. The fourth-order valence-electron chi connectivity index (χ4n) is 2.18. The van der Waals surface area contributed by atoms with E-state index in [0.29, 0.717) is 27.5 Å². The van der Waals surface area contributed by atoms with E-state index in [1.165, 1.54) is 12.1 Å². The van der Waals surface area contributed by atoms with Gasteiger partial charge >= 0.3 is 0 Å². The van der Waals surface area contributed by atoms with E-state index >= 15 is 0 Å². The van der Waals surface area contributed by atoms with Gasteiger partial charge in [0, 0.05) is 12.1 Å². The molecule has 0 aliphatic carbocycles. The summed E-state index contributed by atoms with van der Waals surface area (Å²) in [5.41, 5.74) is 2.35. The minimum absolute atomic E-state index is 0.342. The lowest BCUT2D eigenvalue weighted by atomic mass is 10.2. The number of aromatic nitrogens is 2. The van der Waals surface area contributed by atoms with E-state index in [4.69, 9.17) is 16.9 Å². The molecule has 0 fully saturated rings. The molecule has 0 atom stereocenters. The number of aryl methyl sites for hydroxylation is 1. The third kappa shape index (κ3) is 1.93. The molecule has 2 aromatic carbocycles. The van der Waals surface area contributed by atoms with Crippen LogP contribution in [0.2, 0.25) is 5.02 Å². The minimum atomic E-state index is -0.381. The Morgan fingerprint density at radius 2 is 2.05 bits per heavy atom. The zero-order valence-corrected chi connectivity index (χ0v) is 11.3. The number of halogens is 2. The number of rotatable bonds is 1. The van der Waals surface area contributed by atoms with Gasteiger partial charge in [0.25, 0.3) is 0 Å². The maximum atomic E-state index is 13.9. The topological polar surface area (TPSA) is 41.6 Å². The number of hydrogen-bond acceptors (Lipinski definition) is 2. The van der Waals surface area contributed by atoms with Gasteiger partial charge in [-0.3, -0.25) is 0 Å². The highest BCUT2D eigenvalue weighted by Crippen LogP contribution is 2.28. The molecule has 1 aromatic heterocycles. The normalized spacial score (nSPS) is 10.7. The molecular formula is C15H9ClFN3. The van der Waals surface area contributed by atoms with Gasteiger partial charge in [-0.2, -0.15) is 5.26 Å². The average Bonchev–Trinajstić information content (AvgIpc) is 2.78. The van der Waals surface area contributed by atoms with Gasteiger partial charge < -0.3 is 4.57 Å². The predicted molar refractivity (Wildman–Crippen MR) is 75.8 cm³/mol. The first-order valence-corrected chi connectivity index (χ1v) is 6.30. The largest absolute Gasteiger partial charge is 0.327 e. The maximum Gasteiger partial charge on any atom is 0.143 e. The van der Waals surface area contributed by atoms with Gasteiger partial charge in [-0.25, -0.2) is 9.37 Å². The molecule has 0 saturated heterocycles. The predicted octanol–water partition coefficient (Wildman–Crippen LogP) is 3.90. The number of hydrogen-bond donors (Lipinski definition) is 0. The quantitative estimate of drug-likeness (QED) is 0.680. The smallest absolute Gasteiger partial charge is 0.143 e. The molecule has 3 rings (SSSR count). The van der Waals surface area contributed by atoms with Crippen molar-refractivity contribution < 1.29 is 4.39 Å². The van der Waals surface area contributed by atoms with Crippen molar-refractivity contribution in [1.82, 2.24) is 9.55 Å². The number of imidazole rings is 1. The van der Waals surface area contributed by atoms with E-state index < -0.39 is 0 Å². The van der Waals surface area contributed by atoms with E-state index in [-0.39, 0.29) is 5.82 Å². The molecule has 3 nitrogen and oxygen atoms in total. The number of benzene rings is 2. The molecule has 0 bridgehead atoms. The molecule has 98 valence electrons.